The number of amides is 1. The van der Waals surface area contributed by atoms with E-state index in [2.05, 4.69) is 15.5 Å². The number of aromatic nitrogens is 4. The maximum atomic E-state index is 12.5. The Morgan fingerprint density at radius 2 is 2.00 bits per heavy atom. The molecule has 1 amide bonds. The molecule has 0 atom stereocenters. The molecule has 1 aromatic carbocycles. The summed E-state index contributed by atoms with van der Waals surface area (Å²) in [6.45, 7) is 0.493. The Morgan fingerprint density at radius 1 is 1.26 bits per heavy atom. The summed E-state index contributed by atoms with van der Waals surface area (Å²) in [6.07, 6.45) is 4.63. The normalized spacial score (nSPS) is 14.3. The van der Waals surface area contributed by atoms with Gasteiger partial charge in [0.15, 0.2) is 11.5 Å². The van der Waals surface area contributed by atoms with E-state index in [0.717, 1.165) is 23.6 Å². The van der Waals surface area contributed by atoms with Crippen LogP contribution in [0.3, 0.4) is 0 Å². The molecule has 0 unspecified atom stereocenters. The fourth-order valence-corrected chi connectivity index (χ4v) is 4.12. The molecule has 146 valence electrons. The Bertz CT molecular complexity index is 776. The predicted octanol–water partition coefficient (Wildman–Crippen LogP) is 2.56. The SMILES string of the molecule is COc1ccc(CN(C)C(=O)CSc2nnnn2C2CCCC2)cc1OC. The molecule has 1 heterocycles. The molecule has 0 radical (unpaired) electrons. The number of carbonyl (C=O) groups excluding carboxylic acids is 1. The second-order valence-corrected chi connectivity index (χ2v) is 7.51. The van der Waals surface area contributed by atoms with Crippen molar-refractivity contribution in [3.63, 3.8) is 0 Å². The Hall–Kier alpha value is -2.29. The summed E-state index contributed by atoms with van der Waals surface area (Å²) in [5.74, 6) is 1.65. The van der Waals surface area contributed by atoms with Gasteiger partial charge in [-0.15, -0.1) is 5.10 Å². The lowest BCUT2D eigenvalue weighted by Crippen LogP contribution is -2.28. The smallest absolute Gasteiger partial charge is 0.233 e. The lowest BCUT2D eigenvalue weighted by atomic mass is 10.2. The average molecular weight is 391 g/mol. The van der Waals surface area contributed by atoms with Gasteiger partial charge in [-0.3, -0.25) is 4.79 Å². The number of benzene rings is 1. The van der Waals surface area contributed by atoms with Crippen molar-refractivity contribution in [3.05, 3.63) is 23.8 Å². The van der Waals surface area contributed by atoms with Crippen LogP contribution < -0.4 is 9.47 Å². The summed E-state index contributed by atoms with van der Waals surface area (Å²) in [4.78, 5) is 14.2. The Labute approximate surface area is 163 Å². The molecule has 1 fully saturated rings. The van der Waals surface area contributed by atoms with Crippen molar-refractivity contribution < 1.29 is 14.3 Å². The zero-order valence-corrected chi connectivity index (χ0v) is 16.7. The highest BCUT2D eigenvalue weighted by Crippen LogP contribution is 2.31. The first-order valence-electron chi connectivity index (χ1n) is 8.98. The van der Waals surface area contributed by atoms with Crippen LogP contribution in [-0.4, -0.2) is 58.0 Å². The van der Waals surface area contributed by atoms with Crippen molar-refractivity contribution in [2.75, 3.05) is 27.0 Å². The summed E-state index contributed by atoms with van der Waals surface area (Å²) >= 11 is 1.39. The minimum atomic E-state index is 0.0238. The zero-order chi connectivity index (χ0) is 19.2. The molecule has 9 heteroatoms. The minimum Gasteiger partial charge on any atom is -0.493 e. The Morgan fingerprint density at radius 3 is 2.70 bits per heavy atom. The molecule has 3 rings (SSSR count). The van der Waals surface area contributed by atoms with Gasteiger partial charge in [-0.05, 0) is 41.0 Å². The van der Waals surface area contributed by atoms with E-state index in [0.29, 0.717) is 29.8 Å². The standard InChI is InChI=1S/C18H25N5O3S/c1-22(11-13-8-9-15(25-2)16(10-13)26-3)17(24)12-27-18-19-20-21-23(18)14-6-4-5-7-14/h8-10,14H,4-7,11-12H2,1-3H3. The van der Waals surface area contributed by atoms with E-state index >= 15 is 0 Å². The molecular formula is C18H25N5O3S. The topological polar surface area (TPSA) is 82.4 Å². The van der Waals surface area contributed by atoms with E-state index in [1.165, 1.54) is 24.6 Å². The van der Waals surface area contributed by atoms with Gasteiger partial charge in [0.1, 0.15) is 0 Å². The Kier molecular flexibility index (Phi) is 6.54. The van der Waals surface area contributed by atoms with Crippen LogP contribution in [-0.2, 0) is 11.3 Å². The van der Waals surface area contributed by atoms with Crippen LogP contribution in [0.5, 0.6) is 11.5 Å². The van der Waals surface area contributed by atoms with Gasteiger partial charge >= 0.3 is 0 Å². The lowest BCUT2D eigenvalue weighted by molar-refractivity contribution is -0.127. The molecule has 8 nitrogen and oxygen atoms in total. The third kappa shape index (κ3) is 4.71. The third-order valence-corrected chi connectivity index (χ3v) is 5.67. The molecule has 1 aromatic heterocycles. The van der Waals surface area contributed by atoms with Gasteiger partial charge in [0, 0.05) is 13.6 Å². The van der Waals surface area contributed by atoms with Crippen LogP contribution in [0, 0.1) is 0 Å². The second kappa shape index (κ2) is 9.07. The van der Waals surface area contributed by atoms with E-state index in [1.807, 2.05) is 22.9 Å². The number of methoxy groups -OCH3 is 2. The number of tetrazole rings is 1. The number of carbonyl (C=O) groups is 1. The van der Waals surface area contributed by atoms with E-state index < -0.39 is 0 Å². The summed E-state index contributed by atoms with van der Waals surface area (Å²) in [7, 11) is 4.99. The number of thioether (sulfide) groups is 1. The van der Waals surface area contributed by atoms with E-state index in [9.17, 15) is 4.79 Å². The average Bonchev–Trinajstić information content (AvgIpc) is 3.37. The van der Waals surface area contributed by atoms with Gasteiger partial charge in [0.2, 0.25) is 11.1 Å². The molecule has 1 aliphatic carbocycles. The van der Waals surface area contributed by atoms with E-state index in [-0.39, 0.29) is 5.91 Å². The number of ether oxygens (including phenoxy) is 2. The number of hydrogen-bond donors (Lipinski definition) is 0. The zero-order valence-electron chi connectivity index (χ0n) is 15.9. The van der Waals surface area contributed by atoms with Crippen LogP contribution in [0.2, 0.25) is 0 Å². The molecule has 0 bridgehead atoms. The van der Waals surface area contributed by atoms with Crippen molar-refractivity contribution in [1.29, 1.82) is 0 Å². The summed E-state index contributed by atoms with van der Waals surface area (Å²) in [5.41, 5.74) is 0.976. The van der Waals surface area contributed by atoms with Crippen molar-refractivity contribution in [3.8, 4) is 11.5 Å². The van der Waals surface area contributed by atoms with Crippen LogP contribution >= 0.6 is 11.8 Å². The maximum Gasteiger partial charge on any atom is 0.233 e. The molecule has 27 heavy (non-hydrogen) atoms. The molecule has 1 saturated carbocycles. The first-order valence-corrected chi connectivity index (χ1v) is 9.96. The number of hydrogen-bond acceptors (Lipinski definition) is 7. The highest BCUT2D eigenvalue weighted by atomic mass is 32.2. The van der Waals surface area contributed by atoms with Gasteiger partial charge < -0.3 is 14.4 Å². The van der Waals surface area contributed by atoms with Gasteiger partial charge in [-0.2, -0.15) is 0 Å². The third-order valence-electron chi connectivity index (χ3n) is 4.75. The quantitative estimate of drug-likeness (QED) is 0.640. The van der Waals surface area contributed by atoms with E-state index in [4.69, 9.17) is 9.47 Å². The van der Waals surface area contributed by atoms with Crippen molar-refractivity contribution in [2.24, 2.45) is 0 Å². The predicted molar refractivity (Wildman–Crippen MR) is 102 cm³/mol. The second-order valence-electron chi connectivity index (χ2n) is 6.57. The molecule has 0 N–H and O–H groups in total. The summed E-state index contributed by atoms with van der Waals surface area (Å²) < 4.78 is 12.4. The molecule has 1 aliphatic rings. The molecule has 2 aromatic rings. The first-order chi connectivity index (χ1) is 13.1. The maximum absolute atomic E-state index is 12.5. The van der Waals surface area contributed by atoms with Crippen molar-refractivity contribution in [1.82, 2.24) is 25.1 Å². The van der Waals surface area contributed by atoms with Crippen LogP contribution in [0.25, 0.3) is 0 Å². The van der Waals surface area contributed by atoms with Gasteiger partial charge in [0.05, 0.1) is 26.0 Å². The minimum absolute atomic E-state index is 0.0238. The van der Waals surface area contributed by atoms with Gasteiger partial charge in [0.25, 0.3) is 0 Å². The van der Waals surface area contributed by atoms with Crippen LogP contribution in [0.4, 0.5) is 0 Å². The molecule has 0 aliphatic heterocycles. The first kappa shape index (κ1) is 19.5. The van der Waals surface area contributed by atoms with Gasteiger partial charge in [-0.1, -0.05) is 30.7 Å². The monoisotopic (exact) mass is 391 g/mol. The summed E-state index contributed by atoms with van der Waals surface area (Å²) in [5, 5.41) is 12.7. The fourth-order valence-electron chi connectivity index (χ4n) is 3.24. The van der Waals surface area contributed by atoms with Crippen molar-refractivity contribution in [2.45, 2.75) is 43.4 Å². The van der Waals surface area contributed by atoms with Crippen molar-refractivity contribution >= 4 is 17.7 Å². The van der Waals surface area contributed by atoms with Gasteiger partial charge in [-0.25, -0.2) is 4.68 Å². The lowest BCUT2D eigenvalue weighted by Gasteiger charge is -2.18. The summed E-state index contributed by atoms with van der Waals surface area (Å²) in [6, 6.07) is 6.02. The number of nitrogens with zero attached hydrogens (tertiary/aromatic N) is 5. The largest absolute Gasteiger partial charge is 0.493 e. The molecule has 0 saturated heterocycles. The Balaban J connectivity index is 1.56. The van der Waals surface area contributed by atoms with Crippen LogP contribution in [0.15, 0.2) is 23.4 Å². The van der Waals surface area contributed by atoms with E-state index in [1.54, 1.807) is 26.2 Å². The van der Waals surface area contributed by atoms with Crippen LogP contribution in [0.1, 0.15) is 37.3 Å². The fraction of sp³-hybridized carbons (Fsp3) is 0.556. The molecule has 0 spiro atoms. The number of rotatable bonds is 8. The highest BCUT2D eigenvalue weighted by molar-refractivity contribution is 7.99. The highest BCUT2D eigenvalue weighted by Gasteiger charge is 2.22. The molecular weight excluding hydrogens is 366 g/mol.